The molecule has 1 aromatic carbocycles. The molecular formula is C19H29N3O. The van der Waals surface area contributed by atoms with Gasteiger partial charge in [0, 0.05) is 45.6 Å². The van der Waals surface area contributed by atoms with E-state index in [0.717, 1.165) is 39.1 Å². The van der Waals surface area contributed by atoms with Crippen LogP contribution in [0.15, 0.2) is 24.3 Å². The number of hydrogen-bond donors (Lipinski definition) is 2. The third-order valence-corrected chi connectivity index (χ3v) is 5.44. The Labute approximate surface area is 139 Å². The number of rotatable bonds is 4. The summed E-state index contributed by atoms with van der Waals surface area (Å²) < 4.78 is 0. The highest BCUT2D eigenvalue weighted by atomic mass is 16.1. The van der Waals surface area contributed by atoms with Crippen LogP contribution in [-0.4, -0.2) is 42.5 Å². The lowest BCUT2D eigenvalue weighted by Gasteiger charge is -2.44. The molecule has 23 heavy (non-hydrogen) atoms. The van der Waals surface area contributed by atoms with E-state index < -0.39 is 0 Å². The Hall–Kier alpha value is -1.39. The number of amides is 1. The number of hydrogen-bond acceptors (Lipinski definition) is 3. The van der Waals surface area contributed by atoms with Crippen molar-refractivity contribution in [2.24, 2.45) is 5.92 Å². The van der Waals surface area contributed by atoms with Crippen LogP contribution in [0.25, 0.3) is 0 Å². The van der Waals surface area contributed by atoms with E-state index in [-0.39, 0.29) is 11.4 Å². The fourth-order valence-electron chi connectivity index (χ4n) is 4.07. The quantitative estimate of drug-likeness (QED) is 0.894. The molecule has 2 N–H and O–H groups in total. The van der Waals surface area contributed by atoms with E-state index in [2.05, 4.69) is 53.6 Å². The van der Waals surface area contributed by atoms with Crippen LogP contribution in [-0.2, 0) is 11.3 Å². The fourth-order valence-corrected chi connectivity index (χ4v) is 4.07. The number of nitrogens with one attached hydrogen (secondary N) is 2. The van der Waals surface area contributed by atoms with Gasteiger partial charge in [-0.15, -0.1) is 0 Å². The summed E-state index contributed by atoms with van der Waals surface area (Å²) in [6, 6.07) is 9.03. The summed E-state index contributed by atoms with van der Waals surface area (Å²) in [6.45, 7) is 11.1. The number of nitrogens with zero attached hydrogens (tertiary/aromatic N) is 1. The third kappa shape index (κ3) is 3.59. The van der Waals surface area contributed by atoms with E-state index >= 15 is 0 Å². The van der Waals surface area contributed by atoms with Gasteiger partial charge in [-0.3, -0.25) is 9.69 Å². The molecule has 2 aliphatic rings. The third-order valence-electron chi connectivity index (χ3n) is 5.44. The molecule has 1 aromatic rings. The molecule has 0 radical (unpaired) electrons. The minimum Gasteiger partial charge on any atom is -0.349 e. The van der Waals surface area contributed by atoms with E-state index in [1.54, 1.807) is 6.92 Å². The molecular weight excluding hydrogens is 286 g/mol. The molecule has 2 aliphatic heterocycles. The summed E-state index contributed by atoms with van der Waals surface area (Å²) in [5.41, 5.74) is 2.76. The van der Waals surface area contributed by atoms with Crippen LogP contribution in [0.5, 0.6) is 0 Å². The van der Waals surface area contributed by atoms with Gasteiger partial charge in [-0.05, 0) is 23.5 Å². The van der Waals surface area contributed by atoms with E-state index in [1.165, 1.54) is 11.1 Å². The molecule has 0 saturated carbocycles. The second kappa shape index (κ2) is 6.62. The van der Waals surface area contributed by atoms with Crippen LogP contribution in [0.1, 0.15) is 44.2 Å². The van der Waals surface area contributed by atoms with Crippen LogP contribution in [0.2, 0.25) is 0 Å². The molecule has 4 nitrogen and oxygen atoms in total. The Morgan fingerprint density at radius 1 is 1.39 bits per heavy atom. The topological polar surface area (TPSA) is 44.4 Å². The lowest BCUT2D eigenvalue weighted by molar-refractivity contribution is -0.121. The average Bonchev–Trinajstić information content (AvgIpc) is 2.90. The molecule has 0 spiro atoms. The van der Waals surface area contributed by atoms with Crippen molar-refractivity contribution in [3.05, 3.63) is 35.4 Å². The molecule has 4 heteroatoms. The van der Waals surface area contributed by atoms with Gasteiger partial charge in [-0.1, -0.05) is 38.1 Å². The molecule has 2 fully saturated rings. The fraction of sp³-hybridized carbons (Fsp3) is 0.632. The smallest absolute Gasteiger partial charge is 0.217 e. The Bertz CT molecular complexity index is 554. The van der Waals surface area contributed by atoms with Crippen LogP contribution >= 0.6 is 0 Å². The number of fused-ring (bicyclic) bond motifs is 1. The van der Waals surface area contributed by atoms with Gasteiger partial charge in [-0.25, -0.2) is 0 Å². The van der Waals surface area contributed by atoms with E-state index in [1.807, 2.05) is 0 Å². The maximum atomic E-state index is 11.6. The second-order valence-corrected chi connectivity index (χ2v) is 7.55. The van der Waals surface area contributed by atoms with Gasteiger partial charge in [-0.2, -0.15) is 0 Å². The van der Waals surface area contributed by atoms with Crippen molar-refractivity contribution in [2.45, 2.75) is 45.2 Å². The summed E-state index contributed by atoms with van der Waals surface area (Å²) >= 11 is 0. The second-order valence-electron chi connectivity index (χ2n) is 7.55. The highest BCUT2D eigenvalue weighted by Crippen LogP contribution is 2.32. The first-order chi connectivity index (χ1) is 11.0. The van der Waals surface area contributed by atoms with Crippen LogP contribution < -0.4 is 10.6 Å². The maximum Gasteiger partial charge on any atom is 0.217 e. The van der Waals surface area contributed by atoms with Gasteiger partial charge in [0.25, 0.3) is 0 Å². The van der Waals surface area contributed by atoms with Gasteiger partial charge in [0.05, 0.1) is 5.54 Å². The lowest BCUT2D eigenvalue weighted by atomic mass is 9.80. The average molecular weight is 315 g/mol. The highest BCUT2D eigenvalue weighted by Gasteiger charge is 2.46. The highest BCUT2D eigenvalue weighted by molar-refractivity contribution is 5.74. The molecule has 0 bridgehead atoms. The molecule has 1 amide bonds. The SMILES string of the molecule is CC(=O)N[C@@]12CCN(Cc3ccc(C(C)C)cc3)C[C@@H]1CNC2. The molecule has 0 unspecified atom stereocenters. The van der Waals surface area contributed by atoms with Gasteiger partial charge in [0.1, 0.15) is 0 Å². The Balaban J connectivity index is 1.62. The van der Waals surface area contributed by atoms with Gasteiger partial charge in [0.2, 0.25) is 5.91 Å². The van der Waals surface area contributed by atoms with Crippen LogP contribution in [0.4, 0.5) is 0 Å². The minimum atomic E-state index is -0.0240. The zero-order valence-corrected chi connectivity index (χ0v) is 14.6. The summed E-state index contributed by atoms with van der Waals surface area (Å²) in [6.07, 6.45) is 1.04. The monoisotopic (exact) mass is 315 g/mol. The number of benzene rings is 1. The summed E-state index contributed by atoms with van der Waals surface area (Å²) in [7, 11) is 0. The van der Waals surface area contributed by atoms with Crippen molar-refractivity contribution < 1.29 is 4.79 Å². The zero-order chi connectivity index (χ0) is 16.4. The zero-order valence-electron chi connectivity index (χ0n) is 14.6. The molecule has 0 aliphatic carbocycles. The summed E-state index contributed by atoms with van der Waals surface area (Å²) in [4.78, 5) is 14.1. The predicted octanol–water partition coefficient (Wildman–Crippen LogP) is 2.11. The number of piperidine rings is 1. The van der Waals surface area contributed by atoms with Crippen molar-refractivity contribution in [3.8, 4) is 0 Å². The molecule has 2 saturated heterocycles. The molecule has 0 aromatic heterocycles. The maximum absolute atomic E-state index is 11.6. The predicted molar refractivity (Wildman–Crippen MR) is 93.3 cm³/mol. The van der Waals surface area contributed by atoms with Crippen molar-refractivity contribution in [3.63, 3.8) is 0 Å². The van der Waals surface area contributed by atoms with Gasteiger partial charge < -0.3 is 10.6 Å². The standard InChI is InChI=1S/C19H29N3O/c1-14(2)17-6-4-16(5-7-17)11-22-9-8-19(21-15(3)23)13-20-10-18(19)12-22/h4-7,14,18,20H,8-13H2,1-3H3,(H,21,23)/t18-,19+/m0/s1. The first-order valence-electron chi connectivity index (χ1n) is 8.79. The van der Waals surface area contributed by atoms with Gasteiger partial charge >= 0.3 is 0 Å². The summed E-state index contributed by atoms with van der Waals surface area (Å²) in [5, 5.41) is 6.71. The normalized spacial score (nSPS) is 27.9. The van der Waals surface area contributed by atoms with Gasteiger partial charge in [0.15, 0.2) is 0 Å². The summed E-state index contributed by atoms with van der Waals surface area (Å²) in [5.74, 6) is 1.19. The number of carbonyl (C=O) groups excluding carboxylic acids is 1. The Kier molecular flexibility index (Phi) is 4.74. The largest absolute Gasteiger partial charge is 0.349 e. The van der Waals surface area contributed by atoms with Crippen molar-refractivity contribution in [1.82, 2.24) is 15.5 Å². The van der Waals surface area contributed by atoms with E-state index in [4.69, 9.17) is 0 Å². The number of likely N-dealkylation sites (tertiary alicyclic amines) is 1. The molecule has 3 rings (SSSR count). The van der Waals surface area contributed by atoms with Crippen molar-refractivity contribution >= 4 is 5.91 Å². The Morgan fingerprint density at radius 3 is 2.78 bits per heavy atom. The molecule has 126 valence electrons. The first kappa shape index (κ1) is 16.5. The van der Waals surface area contributed by atoms with E-state index in [9.17, 15) is 4.79 Å². The lowest BCUT2D eigenvalue weighted by Crippen LogP contribution is -2.60. The van der Waals surface area contributed by atoms with Crippen LogP contribution in [0.3, 0.4) is 0 Å². The molecule has 2 atom stereocenters. The first-order valence-corrected chi connectivity index (χ1v) is 8.79. The van der Waals surface area contributed by atoms with Crippen molar-refractivity contribution in [2.75, 3.05) is 26.2 Å². The minimum absolute atomic E-state index is 0.0240. The Morgan fingerprint density at radius 2 is 2.13 bits per heavy atom. The van der Waals surface area contributed by atoms with E-state index in [0.29, 0.717) is 11.8 Å². The van der Waals surface area contributed by atoms with Crippen molar-refractivity contribution in [1.29, 1.82) is 0 Å². The molecule has 2 heterocycles. The van der Waals surface area contributed by atoms with Crippen LogP contribution in [0, 0.1) is 5.92 Å². The number of carbonyl (C=O) groups is 1.